The van der Waals surface area contributed by atoms with Crippen molar-refractivity contribution in [2.75, 3.05) is 0 Å². The number of aliphatic carboxylic acids is 4. The number of carboxylic acid groups (broad SMARTS) is 4. The molecular weight excluding hydrogens is 388 g/mol. The Hall–Kier alpha value is -3.63. The molecule has 0 saturated heterocycles. The third-order valence-electron chi connectivity index (χ3n) is 4.05. The van der Waals surface area contributed by atoms with Gasteiger partial charge < -0.3 is 31.1 Å². The molecule has 0 aliphatic heterocycles. The molecule has 0 heterocycles. The Morgan fingerprint density at radius 3 is 1.83 bits per heavy atom. The minimum atomic E-state index is -1.59. The van der Waals surface area contributed by atoms with Gasteiger partial charge in [-0.3, -0.25) is 9.59 Å². The molecule has 0 radical (unpaired) electrons. The lowest BCUT2D eigenvalue weighted by Crippen LogP contribution is -2.52. The van der Waals surface area contributed by atoms with E-state index in [0.717, 1.165) is 0 Å². The van der Waals surface area contributed by atoms with Crippen LogP contribution in [0.3, 0.4) is 0 Å². The highest BCUT2D eigenvalue weighted by atomic mass is 16.4. The van der Waals surface area contributed by atoms with Gasteiger partial charge in [-0.05, 0) is 24.8 Å². The van der Waals surface area contributed by atoms with E-state index in [4.69, 9.17) is 10.2 Å². The van der Waals surface area contributed by atoms with Crippen LogP contribution in [-0.2, 0) is 25.6 Å². The Bertz CT molecular complexity index is 751. The first-order chi connectivity index (χ1) is 13.6. The summed E-state index contributed by atoms with van der Waals surface area (Å²) in [6.07, 6.45) is -1.31. The van der Waals surface area contributed by atoms with Crippen LogP contribution in [0.2, 0.25) is 0 Å². The van der Waals surface area contributed by atoms with Crippen molar-refractivity contribution in [3.05, 3.63) is 35.9 Å². The summed E-state index contributed by atoms with van der Waals surface area (Å²) in [4.78, 5) is 56.6. The lowest BCUT2D eigenvalue weighted by Gasteiger charge is -2.21. The zero-order valence-electron chi connectivity index (χ0n) is 15.3. The number of benzene rings is 1. The Morgan fingerprint density at radius 1 is 0.793 bits per heavy atom. The zero-order valence-corrected chi connectivity index (χ0v) is 15.3. The van der Waals surface area contributed by atoms with Crippen LogP contribution >= 0.6 is 0 Å². The first kappa shape index (κ1) is 23.4. The number of carboxylic acids is 4. The predicted octanol–water partition coefficient (Wildman–Crippen LogP) is 0.390. The molecule has 0 spiro atoms. The first-order valence-corrected chi connectivity index (χ1v) is 8.61. The molecule has 0 unspecified atom stereocenters. The van der Waals surface area contributed by atoms with Gasteiger partial charge in [0.15, 0.2) is 0 Å². The predicted molar refractivity (Wildman–Crippen MR) is 97.3 cm³/mol. The van der Waals surface area contributed by atoms with Crippen LogP contribution < -0.4 is 10.6 Å². The molecule has 6 N–H and O–H groups in total. The molecule has 158 valence electrons. The SMILES string of the molecule is O=C(O)CC[C@H](NC(=O)N[C@@H](C[C@H](Cc1ccccc1)C(=O)O)C(=O)O)C(=O)O. The number of carbonyl (C=O) groups excluding carboxylic acids is 1. The third-order valence-corrected chi connectivity index (χ3v) is 4.05. The molecule has 0 saturated carbocycles. The Balaban J connectivity index is 2.78. The van der Waals surface area contributed by atoms with Crippen LogP contribution in [-0.4, -0.2) is 62.4 Å². The molecule has 2 amide bonds. The largest absolute Gasteiger partial charge is 0.481 e. The van der Waals surface area contributed by atoms with Crippen molar-refractivity contribution >= 4 is 29.9 Å². The fraction of sp³-hybridized carbons (Fsp3) is 0.389. The number of rotatable bonds is 12. The maximum atomic E-state index is 12.0. The summed E-state index contributed by atoms with van der Waals surface area (Å²) in [6.45, 7) is 0. The first-order valence-electron chi connectivity index (χ1n) is 8.61. The molecule has 1 aromatic rings. The second-order valence-electron chi connectivity index (χ2n) is 6.29. The number of carbonyl (C=O) groups is 5. The molecule has 0 aliphatic carbocycles. The topological polar surface area (TPSA) is 190 Å². The minimum Gasteiger partial charge on any atom is -0.481 e. The van der Waals surface area contributed by atoms with E-state index >= 15 is 0 Å². The van der Waals surface area contributed by atoms with Crippen LogP contribution in [0.25, 0.3) is 0 Å². The van der Waals surface area contributed by atoms with Gasteiger partial charge in [0.05, 0.1) is 5.92 Å². The Labute approximate surface area is 165 Å². The Kier molecular flexibility index (Phi) is 9.10. The van der Waals surface area contributed by atoms with Crippen molar-refractivity contribution in [1.29, 1.82) is 0 Å². The molecule has 11 nitrogen and oxygen atoms in total. The van der Waals surface area contributed by atoms with E-state index in [9.17, 15) is 34.2 Å². The molecule has 0 bridgehead atoms. The van der Waals surface area contributed by atoms with Gasteiger partial charge in [0.25, 0.3) is 0 Å². The average Bonchev–Trinajstić information content (AvgIpc) is 2.64. The van der Waals surface area contributed by atoms with Gasteiger partial charge in [-0.15, -0.1) is 0 Å². The van der Waals surface area contributed by atoms with Gasteiger partial charge >= 0.3 is 29.9 Å². The molecule has 3 atom stereocenters. The van der Waals surface area contributed by atoms with Gasteiger partial charge in [0, 0.05) is 6.42 Å². The van der Waals surface area contributed by atoms with Crippen molar-refractivity contribution in [2.45, 2.75) is 37.8 Å². The third kappa shape index (κ3) is 8.73. The number of hydrogen-bond acceptors (Lipinski definition) is 5. The second kappa shape index (κ2) is 11.3. The smallest absolute Gasteiger partial charge is 0.326 e. The van der Waals surface area contributed by atoms with E-state index in [1.807, 2.05) is 10.6 Å². The summed E-state index contributed by atoms with van der Waals surface area (Å²) >= 11 is 0. The highest BCUT2D eigenvalue weighted by Crippen LogP contribution is 2.15. The van der Waals surface area contributed by atoms with Crippen molar-refractivity contribution in [1.82, 2.24) is 10.6 Å². The quantitative estimate of drug-likeness (QED) is 0.283. The van der Waals surface area contributed by atoms with Crippen LogP contribution in [0, 0.1) is 5.92 Å². The summed E-state index contributed by atoms with van der Waals surface area (Å²) in [5.41, 5.74) is 0.674. The lowest BCUT2D eigenvalue weighted by atomic mass is 9.92. The molecule has 0 aromatic heterocycles. The summed E-state index contributed by atoms with van der Waals surface area (Å²) in [5.74, 6) is -6.59. The van der Waals surface area contributed by atoms with Gasteiger partial charge in [-0.1, -0.05) is 30.3 Å². The van der Waals surface area contributed by atoms with Crippen molar-refractivity contribution in [2.24, 2.45) is 5.92 Å². The molecular formula is C18H22N2O9. The summed E-state index contributed by atoms with van der Waals surface area (Å²) in [5, 5.41) is 40.4. The summed E-state index contributed by atoms with van der Waals surface area (Å²) in [7, 11) is 0. The summed E-state index contributed by atoms with van der Waals surface area (Å²) < 4.78 is 0. The maximum absolute atomic E-state index is 12.0. The van der Waals surface area contributed by atoms with Gasteiger partial charge in [-0.2, -0.15) is 0 Å². The number of amides is 2. The fourth-order valence-electron chi connectivity index (χ4n) is 2.56. The lowest BCUT2D eigenvalue weighted by molar-refractivity contribution is -0.144. The number of nitrogens with one attached hydrogen (secondary N) is 2. The van der Waals surface area contributed by atoms with Crippen LogP contribution in [0.15, 0.2) is 30.3 Å². The van der Waals surface area contributed by atoms with Gasteiger partial charge in [-0.25, -0.2) is 14.4 Å². The zero-order chi connectivity index (χ0) is 22.0. The van der Waals surface area contributed by atoms with Crippen molar-refractivity contribution in [3.8, 4) is 0 Å². The van der Waals surface area contributed by atoms with Crippen LogP contribution in [0.5, 0.6) is 0 Å². The second-order valence-corrected chi connectivity index (χ2v) is 6.29. The van der Waals surface area contributed by atoms with E-state index < -0.39 is 67.2 Å². The van der Waals surface area contributed by atoms with E-state index in [1.165, 1.54) is 0 Å². The van der Waals surface area contributed by atoms with Crippen molar-refractivity contribution in [3.63, 3.8) is 0 Å². The van der Waals surface area contributed by atoms with Crippen LogP contribution in [0.1, 0.15) is 24.8 Å². The average molecular weight is 410 g/mol. The van der Waals surface area contributed by atoms with E-state index in [1.54, 1.807) is 30.3 Å². The molecule has 0 fully saturated rings. The number of urea groups is 1. The Morgan fingerprint density at radius 2 is 1.34 bits per heavy atom. The van der Waals surface area contributed by atoms with Gasteiger partial charge in [0.2, 0.25) is 0 Å². The minimum absolute atomic E-state index is 0.0413. The van der Waals surface area contributed by atoms with E-state index in [2.05, 4.69) is 0 Å². The maximum Gasteiger partial charge on any atom is 0.326 e. The summed E-state index contributed by atoms with van der Waals surface area (Å²) in [6, 6.07) is 4.24. The highest BCUT2D eigenvalue weighted by Gasteiger charge is 2.30. The molecule has 11 heteroatoms. The normalized spacial score (nSPS) is 13.5. The molecule has 1 rings (SSSR count). The number of hydrogen-bond donors (Lipinski definition) is 6. The van der Waals surface area contributed by atoms with Gasteiger partial charge in [0.1, 0.15) is 12.1 Å². The highest BCUT2D eigenvalue weighted by molar-refractivity contribution is 5.86. The molecule has 0 aliphatic rings. The van der Waals surface area contributed by atoms with E-state index in [-0.39, 0.29) is 6.42 Å². The fourth-order valence-corrected chi connectivity index (χ4v) is 2.56. The van der Waals surface area contributed by atoms with Crippen LogP contribution in [0.4, 0.5) is 4.79 Å². The van der Waals surface area contributed by atoms with E-state index in [0.29, 0.717) is 5.56 Å². The van der Waals surface area contributed by atoms with Crippen molar-refractivity contribution < 1.29 is 44.4 Å². The molecule has 29 heavy (non-hydrogen) atoms. The monoisotopic (exact) mass is 410 g/mol. The standard InChI is InChI=1S/C18H22N2O9/c21-14(22)7-6-12(16(25)26)19-18(29)20-13(17(27)28)9-11(15(23)24)8-10-4-2-1-3-5-10/h1-5,11-13H,6-9H2,(H,21,22)(H,23,24)(H,25,26)(H,27,28)(H2,19,20,29)/t11-,12-,13-/m0/s1. The molecule has 1 aromatic carbocycles.